The second-order valence-electron chi connectivity index (χ2n) is 4.38. The molecular weight excluding hydrogens is 297 g/mol. The van der Waals surface area contributed by atoms with Gasteiger partial charge in [-0.15, -0.1) is 0 Å². The first-order valence-corrected chi connectivity index (χ1v) is 6.16. The van der Waals surface area contributed by atoms with E-state index in [9.17, 15) is 18.0 Å². The summed E-state index contributed by atoms with van der Waals surface area (Å²) in [5, 5.41) is 12.7. The van der Waals surface area contributed by atoms with E-state index in [4.69, 9.17) is 5.11 Å². The summed E-state index contributed by atoms with van der Waals surface area (Å²) >= 11 is 0. The van der Waals surface area contributed by atoms with Gasteiger partial charge in [0.15, 0.2) is 0 Å². The van der Waals surface area contributed by atoms with Gasteiger partial charge in [0.05, 0.1) is 23.0 Å². The van der Waals surface area contributed by atoms with Gasteiger partial charge in [0, 0.05) is 0 Å². The molecule has 0 amide bonds. The molecule has 22 heavy (non-hydrogen) atoms. The smallest absolute Gasteiger partial charge is 0.416 e. The van der Waals surface area contributed by atoms with Crippen LogP contribution < -0.4 is 5.43 Å². The molecule has 0 atom stereocenters. The van der Waals surface area contributed by atoms with Crippen LogP contribution in [0.1, 0.15) is 21.5 Å². The van der Waals surface area contributed by atoms with Crippen molar-refractivity contribution in [3.8, 4) is 0 Å². The Morgan fingerprint density at radius 1 is 1.14 bits per heavy atom. The summed E-state index contributed by atoms with van der Waals surface area (Å²) in [7, 11) is 0. The number of anilines is 1. The molecule has 0 fully saturated rings. The molecule has 0 aromatic heterocycles. The fraction of sp³-hybridized carbons (Fsp3) is 0.0667. The van der Waals surface area contributed by atoms with E-state index < -0.39 is 17.7 Å². The number of carbonyl (C=O) groups is 1. The van der Waals surface area contributed by atoms with Gasteiger partial charge in [-0.2, -0.15) is 18.3 Å². The average molecular weight is 308 g/mol. The lowest BCUT2D eigenvalue weighted by atomic mass is 10.1. The highest BCUT2D eigenvalue weighted by Gasteiger charge is 2.29. The Kier molecular flexibility index (Phi) is 4.45. The molecule has 7 heteroatoms. The summed E-state index contributed by atoms with van der Waals surface area (Å²) in [6.45, 7) is 0. The minimum absolute atomic E-state index is 0.106. The highest BCUT2D eigenvalue weighted by atomic mass is 19.4. The van der Waals surface area contributed by atoms with Crippen LogP contribution in [0.5, 0.6) is 0 Å². The van der Waals surface area contributed by atoms with E-state index in [0.29, 0.717) is 11.3 Å². The summed E-state index contributed by atoms with van der Waals surface area (Å²) in [6.07, 6.45) is -3.03. The van der Waals surface area contributed by atoms with Crippen LogP contribution in [0, 0.1) is 0 Å². The van der Waals surface area contributed by atoms with Gasteiger partial charge in [-0.3, -0.25) is 5.43 Å². The van der Waals surface area contributed by atoms with Crippen molar-refractivity contribution in [3.63, 3.8) is 0 Å². The molecule has 0 spiro atoms. The van der Waals surface area contributed by atoms with Crippen LogP contribution >= 0.6 is 0 Å². The van der Waals surface area contributed by atoms with E-state index in [-0.39, 0.29) is 5.56 Å². The second kappa shape index (κ2) is 6.30. The average Bonchev–Trinajstić information content (AvgIpc) is 2.47. The number of alkyl halides is 3. The Hall–Kier alpha value is -2.83. The third-order valence-electron chi connectivity index (χ3n) is 2.75. The van der Waals surface area contributed by atoms with Crippen LogP contribution in [-0.4, -0.2) is 17.3 Å². The van der Waals surface area contributed by atoms with E-state index in [1.54, 1.807) is 12.1 Å². The third kappa shape index (κ3) is 4.08. The number of rotatable bonds is 4. The Bertz CT molecular complexity index is 695. The number of nitrogens with zero attached hydrogens (tertiary/aromatic N) is 1. The summed E-state index contributed by atoms with van der Waals surface area (Å²) in [4.78, 5) is 10.8. The number of aromatic carboxylic acids is 1. The molecule has 2 aromatic rings. The number of hydrazone groups is 1. The molecule has 0 aliphatic rings. The molecule has 2 rings (SSSR count). The molecule has 0 aliphatic heterocycles. The first-order valence-electron chi connectivity index (χ1n) is 6.16. The normalized spacial score (nSPS) is 11.6. The predicted octanol–water partition coefficient (Wildman–Crippen LogP) is 3.85. The zero-order valence-corrected chi connectivity index (χ0v) is 11.1. The summed E-state index contributed by atoms with van der Waals surface area (Å²) < 4.78 is 37.2. The van der Waals surface area contributed by atoms with Crippen molar-refractivity contribution in [3.05, 3.63) is 65.2 Å². The number of nitrogens with one attached hydrogen (secondary N) is 1. The monoisotopic (exact) mass is 308 g/mol. The number of hydrogen-bond acceptors (Lipinski definition) is 3. The van der Waals surface area contributed by atoms with Gasteiger partial charge in [0.2, 0.25) is 0 Å². The Morgan fingerprint density at radius 2 is 1.82 bits per heavy atom. The van der Waals surface area contributed by atoms with Crippen molar-refractivity contribution in [1.82, 2.24) is 0 Å². The third-order valence-corrected chi connectivity index (χ3v) is 2.75. The first kappa shape index (κ1) is 15.6. The maximum absolute atomic E-state index is 12.4. The molecule has 114 valence electrons. The van der Waals surface area contributed by atoms with E-state index >= 15 is 0 Å². The Morgan fingerprint density at radius 3 is 2.41 bits per heavy atom. The second-order valence-corrected chi connectivity index (χ2v) is 4.38. The van der Waals surface area contributed by atoms with E-state index in [1.807, 2.05) is 0 Å². The lowest BCUT2D eigenvalue weighted by molar-refractivity contribution is -0.137. The molecule has 0 aliphatic carbocycles. The lowest BCUT2D eigenvalue weighted by Crippen LogP contribution is -2.04. The number of halogens is 3. The fourth-order valence-electron chi connectivity index (χ4n) is 1.66. The number of carboxylic acids is 1. The fourth-order valence-corrected chi connectivity index (χ4v) is 1.66. The Labute approximate surface area is 123 Å². The van der Waals surface area contributed by atoms with Crippen molar-refractivity contribution in [2.24, 2.45) is 5.10 Å². The van der Waals surface area contributed by atoms with Gasteiger partial charge in [-0.05, 0) is 35.9 Å². The minimum atomic E-state index is -4.37. The molecule has 0 heterocycles. The van der Waals surface area contributed by atoms with Crippen molar-refractivity contribution in [1.29, 1.82) is 0 Å². The van der Waals surface area contributed by atoms with Crippen LogP contribution in [0.15, 0.2) is 53.6 Å². The SMILES string of the molecule is O=C(O)c1cccc(N/N=C\c2ccc(C(F)(F)F)cc2)c1. The molecule has 2 N–H and O–H groups in total. The van der Waals surface area contributed by atoms with Crippen LogP contribution in [0.4, 0.5) is 18.9 Å². The highest BCUT2D eigenvalue weighted by Crippen LogP contribution is 2.28. The van der Waals surface area contributed by atoms with Crippen molar-refractivity contribution >= 4 is 17.9 Å². The van der Waals surface area contributed by atoms with Gasteiger partial charge in [0.25, 0.3) is 0 Å². The van der Waals surface area contributed by atoms with Gasteiger partial charge in [-0.25, -0.2) is 4.79 Å². The maximum atomic E-state index is 12.4. The van der Waals surface area contributed by atoms with E-state index in [2.05, 4.69) is 10.5 Å². The number of hydrogen-bond donors (Lipinski definition) is 2. The van der Waals surface area contributed by atoms with Crippen LogP contribution in [0.2, 0.25) is 0 Å². The highest BCUT2D eigenvalue weighted by molar-refractivity contribution is 5.88. The molecule has 0 unspecified atom stereocenters. The predicted molar refractivity (Wildman–Crippen MR) is 76.1 cm³/mol. The molecule has 0 saturated carbocycles. The van der Waals surface area contributed by atoms with Crippen molar-refractivity contribution < 1.29 is 23.1 Å². The maximum Gasteiger partial charge on any atom is 0.416 e. The van der Waals surface area contributed by atoms with E-state index in [1.165, 1.54) is 30.5 Å². The first-order chi connectivity index (χ1) is 10.4. The largest absolute Gasteiger partial charge is 0.478 e. The quantitative estimate of drug-likeness (QED) is 0.666. The molecule has 0 saturated heterocycles. The van der Waals surface area contributed by atoms with Crippen LogP contribution in [-0.2, 0) is 6.18 Å². The zero-order chi connectivity index (χ0) is 16.2. The van der Waals surface area contributed by atoms with E-state index in [0.717, 1.165) is 12.1 Å². The van der Waals surface area contributed by atoms with Gasteiger partial charge in [-0.1, -0.05) is 18.2 Å². The zero-order valence-electron chi connectivity index (χ0n) is 11.1. The van der Waals surface area contributed by atoms with Gasteiger partial charge in [0.1, 0.15) is 0 Å². The number of benzene rings is 2. The van der Waals surface area contributed by atoms with Crippen molar-refractivity contribution in [2.75, 3.05) is 5.43 Å². The minimum Gasteiger partial charge on any atom is -0.478 e. The lowest BCUT2D eigenvalue weighted by Gasteiger charge is -2.06. The molecule has 2 aromatic carbocycles. The summed E-state index contributed by atoms with van der Waals surface area (Å²) in [5.41, 5.74) is 2.94. The van der Waals surface area contributed by atoms with Crippen molar-refractivity contribution in [2.45, 2.75) is 6.18 Å². The molecule has 0 bridgehead atoms. The number of carboxylic acid groups (broad SMARTS) is 1. The van der Waals surface area contributed by atoms with Crippen LogP contribution in [0.25, 0.3) is 0 Å². The molecule has 0 radical (unpaired) electrons. The Balaban J connectivity index is 2.03. The summed E-state index contributed by atoms with van der Waals surface area (Å²) in [5.74, 6) is -1.06. The molecular formula is C15H11F3N2O2. The standard InChI is InChI=1S/C15H11F3N2O2/c16-15(17,18)12-6-4-10(5-7-12)9-19-20-13-3-1-2-11(8-13)14(21)22/h1-9,20H,(H,21,22)/b19-9-. The van der Waals surface area contributed by atoms with Gasteiger partial charge >= 0.3 is 12.1 Å². The van der Waals surface area contributed by atoms with Gasteiger partial charge < -0.3 is 5.11 Å². The topological polar surface area (TPSA) is 61.7 Å². The summed E-state index contributed by atoms with van der Waals surface area (Å²) in [6, 6.07) is 10.5. The van der Waals surface area contributed by atoms with Crippen LogP contribution in [0.3, 0.4) is 0 Å². The molecule has 4 nitrogen and oxygen atoms in total.